The third kappa shape index (κ3) is 2.07. The predicted molar refractivity (Wildman–Crippen MR) is 58.6 cm³/mol. The van der Waals surface area contributed by atoms with Crippen LogP contribution in [0.5, 0.6) is 0 Å². The van der Waals surface area contributed by atoms with Crippen LogP contribution in [0.25, 0.3) is 0 Å². The Hall–Kier alpha value is -0.610. The highest BCUT2D eigenvalue weighted by Crippen LogP contribution is 2.31. The van der Waals surface area contributed by atoms with Crippen molar-refractivity contribution in [2.75, 3.05) is 11.9 Å². The number of aliphatic hydroxyl groups is 1. The van der Waals surface area contributed by atoms with Crippen molar-refractivity contribution >= 4 is 16.5 Å². The topological polar surface area (TPSA) is 45.1 Å². The average Bonchev–Trinajstić information content (AvgIpc) is 2.72. The molecule has 1 aromatic rings. The van der Waals surface area contributed by atoms with E-state index >= 15 is 0 Å². The maximum absolute atomic E-state index is 9.45. The average molecular weight is 212 g/mol. The summed E-state index contributed by atoms with van der Waals surface area (Å²) in [6.45, 7) is 0.215. The zero-order valence-corrected chi connectivity index (χ0v) is 9.02. The molecule has 0 radical (unpaired) electrons. The summed E-state index contributed by atoms with van der Waals surface area (Å²) in [6, 6.07) is 0. The molecule has 14 heavy (non-hydrogen) atoms. The molecule has 3 nitrogen and oxygen atoms in total. The highest BCUT2D eigenvalue weighted by molar-refractivity contribution is 7.13. The van der Waals surface area contributed by atoms with Crippen LogP contribution in [0.2, 0.25) is 0 Å². The van der Waals surface area contributed by atoms with Gasteiger partial charge in [-0.2, -0.15) is 0 Å². The minimum Gasteiger partial charge on any atom is -0.394 e. The van der Waals surface area contributed by atoms with Crippen molar-refractivity contribution in [1.82, 2.24) is 4.98 Å². The van der Waals surface area contributed by atoms with E-state index in [2.05, 4.69) is 10.3 Å². The molecular weight excluding hydrogens is 196 g/mol. The van der Waals surface area contributed by atoms with Crippen molar-refractivity contribution in [3.63, 3.8) is 0 Å². The Morgan fingerprint density at radius 1 is 1.43 bits per heavy atom. The van der Waals surface area contributed by atoms with E-state index in [1.54, 1.807) is 17.5 Å². The molecule has 1 fully saturated rings. The lowest BCUT2D eigenvalue weighted by atomic mass is 9.82. The van der Waals surface area contributed by atoms with Gasteiger partial charge in [-0.1, -0.05) is 19.3 Å². The smallest absolute Gasteiger partial charge is 0.183 e. The molecule has 1 aliphatic carbocycles. The molecule has 1 aliphatic rings. The van der Waals surface area contributed by atoms with Gasteiger partial charge in [0.1, 0.15) is 0 Å². The van der Waals surface area contributed by atoms with Crippen LogP contribution in [0.1, 0.15) is 32.1 Å². The first kappa shape index (κ1) is 9.93. The molecule has 1 heterocycles. The molecule has 0 saturated heterocycles. The summed E-state index contributed by atoms with van der Waals surface area (Å²) in [5.41, 5.74) is -0.101. The van der Waals surface area contributed by atoms with Gasteiger partial charge in [0, 0.05) is 11.6 Å². The molecule has 1 aromatic heterocycles. The van der Waals surface area contributed by atoms with E-state index in [4.69, 9.17) is 0 Å². The molecule has 2 rings (SSSR count). The van der Waals surface area contributed by atoms with Gasteiger partial charge in [-0.15, -0.1) is 11.3 Å². The summed E-state index contributed by atoms with van der Waals surface area (Å²) in [4.78, 5) is 4.20. The molecule has 0 aromatic carbocycles. The molecule has 2 N–H and O–H groups in total. The van der Waals surface area contributed by atoms with E-state index < -0.39 is 0 Å². The Morgan fingerprint density at radius 3 is 2.79 bits per heavy atom. The van der Waals surface area contributed by atoms with Gasteiger partial charge >= 0.3 is 0 Å². The second-order valence-corrected chi connectivity index (χ2v) is 4.86. The SMILES string of the molecule is OCC1(Nc2nccs2)CCCCC1. The van der Waals surface area contributed by atoms with E-state index in [-0.39, 0.29) is 12.1 Å². The summed E-state index contributed by atoms with van der Waals surface area (Å²) in [5, 5.41) is 15.7. The Balaban J connectivity index is 2.04. The van der Waals surface area contributed by atoms with Crippen LogP contribution >= 0.6 is 11.3 Å². The van der Waals surface area contributed by atoms with Crippen LogP contribution in [0, 0.1) is 0 Å². The van der Waals surface area contributed by atoms with Crippen molar-refractivity contribution in [3.8, 4) is 0 Å². The lowest BCUT2D eigenvalue weighted by Crippen LogP contribution is -2.43. The lowest BCUT2D eigenvalue weighted by molar-refractivity contribution is 0.173. The first-order valence-corrected chi connectivity index (χ1v) is 6.01. The number of anilines is 1. The van der Waals surface area contributed by atoms with Gasteiger partial charge in [-0.05, 0) is 12.8 Å². The highest BCUT2D eigenvalue weighted by atomic mass is 32.1. The number of nitrogens with zero attached hydrogens (tertiary/aromatic N) is 1. The summed E-state index contributed by atoms with van der Waals surface area (Å²) in [6.07, 6.45) is 7.62. The van der Waals surface area contributed by atoms with Crippen molar-refractivity contribution in [3.05, 3.63) is 11.6 Å². The number of nitrogens with one attached hydrogen (secondary N) is 1. The number of aromatic nitrogens is 1. The van der Waals surface area contributed by atoms with Crippen LogP contribution in [-0.2, 0) is 0 Å². The maximum atomic E-state index is 9.45. The minimum atomic E-state index is -0.101. The van der Waals surface area contributed by atoms with E-state index in [1.165, 1.54) is 19.3 Å². The van der Waals surface area contributed by atoms with E-state index in [0.29, 0.717) is 0 Å². The summed E-state index contributed by atoms with van der Waals surface area (Å²) < 4.78 is 0. The number of thiazole rings is 1. The fraction of sp³-hybridized carbons (Fsp3) is 0.700. The molecule has 0 bridgehead atoms. The Labute approximate surface area is 88.2 Å². The molecule has 1 saturated carbocycles. The van der Waals surface area contributed by atoms with Gasteiger partial charge in [-0.25, -0.2) is 4.98 Å². The third-order valence-corrected chi connectivity index (χ3v) is 3.61. The van der Waals surface area contributed by atoms with Gasteiger partial charge in [-0.3, -0.25) is 0 Å². The molecule has 0 atom stereocenters. The molecule has 0 aliphatic heterocycles. The van der Waals surface area contributed by atoms with E-state index in [9.17, 15) is 5.11 Å². The zero-order chi connectivity index (χ0) is 9.86. The minimum absolute atomic E-state index is 0.101. The Morgan fingerprint density at radius 2 is 2.21 bits per heavy atom. The van der Waals surface area contributed by atoms with E-state index in [0.717, 1.165) is 18.0 Å². The second kappa shape index (κ2) is 4.28. The first-order valence-electron chi connectivity index (χ1n) is 5.13. The van der Waals surface area contributed by atoms with Crippen molar-refractivity contribution in [1.29, 1.82) is 0 Å². The van der Waals surface area contributed by atoms with Gasteiger partial charge < -0.3 is 10.4 Å². The third-order valence-electron chi connectivity index (χ3n) is 2.92. The van der Waals surface area contributed by atoms with Crippen molar-refractivity contribution < 1.29 is 5.11 Å². The number of hydrogen-bond acceptors (Lipinski definition) is 4. The normalized spacial score (nSPS) is 20.6. The monoisotopic (exact) mass is 212 g/mol. The van der Waals surface area contributed by atoms with Crippen LogP contribution in [-0.4, -0.2) is 22.2 Å². The van der Waals surface area contributed by atoms with Gasteiger partial charge in [0.05, 0.1) is 12.1 Å². The number of aliphatic hydroxyl groups excluding tert-OH is 1. The van der Waals surface area contributed by atoms with E-state index in [1.807, 2.05) is 5.38 Å². The van der Waals surface area contributed by atoms with Crippen molar-refractivity contribution in [2.45, 2.75) is 37.6 Å². The fourth-order valence-electron chi connectivity index (χ4n) is 2.06. The Kier molecular flexibility index (Phi) is 3.03. The maximum Gasteiger partial charge on any atom is 0.183 e. The first-order chi connectivity index (χ1) is 6.85. The van der Waals surface area contributed by atoms with Gasteiger partial charge in [0.2, 0.25) is 0 Å². The van der Waals surface area contributed by atoms with Crippen LogP contribution in [0.15, 0.2) is 11.6 Å². The lowest BCUT2D eigenvalue weighted by Gasteiger charge is -2.36. The zero-order valence-electron chi connectivity index (χ0n) is 8.20. The molecule has 0 spiro atoms. The second-order valence-electron chi connectivity index (χ2n) is 3.96. The van der Waals surface area contributed by atoms with Crippen molar-refractivity contribution in [2.24, 2.45) is 0 Å². The summed E-state index contributed by atoms with van der Waals surface area (Å²) >= 11 is 1.60. The van der Waals surface area contributed by atoms with Gasteiger partial charge in [0.15, 0.2) is 5.13 Å². The summed E-state index contributed by atoms with van der Waals surface area (Å²) in [5.74, 6) is 0. The number of hydrogen-bond donors (Lipinski definition) is 2. The predicted octanol–water partition coefficient (Wildman–Crippen LogP) is 2.25. The molecule has 78 valence electrons. The molecule has 0 amide bonds. The van der Waals surface area contributed by atoms with Gasteiger partial charge in [0.25, 0.3) is 0 Å². The molecule has 0 unspecified atom stereocenters. The van der Waals surface area contributed by atoms with Crippen LogP contribution < -0.4 is 5.32 Å². The standard InChI is InChI=1S/C10H16N2OS/c13-8-10(4-2-1-3-5-10)12-9-11-6-7-14-9/h6-7,13H,1-5,8H2,(H,11,12). The molecule has 4 heteroatoms. The molecular formula is C10H16N2OS. The fourth-order valence-corrected chi connectivity index (χ4v) is 2.71. The van der Waals surface area contributed by atoms with Crippen LogP contribution in [0.4, 0.5) is 5.13 Å². The largest absolute Gasteiger partial charge is 0.394 e. The van der Waals surface area contributed by atoms with Crippen LogP contribution in [0.3, 0.4) is 0 Å². The highest BCUT2D eigenvalue weighted by Gasteiger charge is 2.31. The Bertz CT molecular complexity index is 268. The number of rotatable bonds is 3. The summed E-state index contributed by atoms with van der Waals surface area (Å²) in [7, 11) is 0. The quantitative estimate of drug-likeness (QED) is 0.807.